The average Bonchev–Trinajstić information content (AvgIpc) is 2.87. The van der Waals surface area contributed by atoms with E-state index in [1.807, 2.05) is 25.1 Å². The Labute approximate surface area is 119 Å². The molecule has 2 aromatic heterocycles. The molecule has 0 aliphatic heterocycles. The van der Waals surface area contributed by atoms with Crippen molar-refractivity contribution in [3.8, 4) is 0 Å². The van der Waals surface area contributed by atoms with Crippen LogP contribution in [0.4, 0.5) is 9.52 Å². The van der Waals surface area contributed by atoms with Crippen molar-refractivity contribution in [3.05, 3.63) is 54.1 Å². The van der Waals surface area contributed by atoms with Gasteiger partial charge in [0.25, 0.3) is 0 Å². The number of halogens is 1. The lowest BCUT2D eigenvalue weighted by Gasteiger charge is -1.99. The normalized spacial score (nSPS) is 11.8. The highest BCUT2D eigenvalue weighted by molar-refractivity contribution is 7.22. The van der Waals surface area contributed by atoms with Gasteiger partial charge >= 0.3 is 0 Å². The van der Waals surface area contributed by atoms with Crippen molar-refractivity contribution in [2.45, 2.75) is 6.92 Å². The SMILES string of the molecule is C/C(=N\Nc1nc2ccc(F)cc2s1)c1ccccn1. The predicted molar refractivity (Wildman–Crippen MR) is 79.6 cm³/mol. The fraction of sp³-hybridized carbons (Fsp3) is 0.0714. The Hall–Kier alpha value is -2.34. The maximum atomic E-state index is 13.1. The van der Waals surface area contributed by atoms with Crippen LogP contribution in [0.3, 0.4) is 0 Å². The molecule has 1 aromatic carbocycles. The summed E-state index contributed by atoms with van der Waals surface area (Å²) in [7, 11) is 0. The number of aromatic nitrogens is 2. The first kappa shape index (κ1) is 12.7. The molecule has 0 fully saturated rings. The molecule has 0 atom stereocenters. The largest absolute Gasteiger partial charge is 0.255 e. The maximum absolute atomic E-state index is 13.1. The lowest BCUT2D eigenvalue weighted by Crippen LogP contribution is -2.01. The minimum atomic E-state index is -0.263. The zero-order chi connectivity index (χ0) is 13.9. The molecule has 0 saturated heterocycles. The van der Waals surface area contributed by atoms with Crippen LogP contribution >= 0.6 is 11.3 Å². The second-order valence-electron chi connectivity index (χ2n) is 4.16. The molecule has 0 spiro atoms. The van der Waals surface area contributed by atoms with Gasteiger partial charge in [0, 0.05) is 6.20 Å². The Morgan fingerprint density at radius 1 is 1.30 bits per heavy atom. The molecular formula is C14H11FN4S. The molecule has 0 radical (unpaired) electrons. The van der Waals surface area contributed by atoms with Gasteiger partial charge in [0.15, 0.2) is 0 Å². The zero-order valence-corrected chi connectivity index (χ0v) is 11.5. The van der Waals surface area contributed by atoms with Crippen LogP contribution in [0.15, 0.2) is 47.7 Å². The fourth-order valence-electron chi connectivity index (χ4n) is 1.71. The van der Waals surface area contributed by atoms with E-state index in [1.165, 1.54) is 23.5 Å². The summed E-state index contributed by atoms with van der Waals surface area (Å²) in [4.78, 5) is 8.54. The predicted octanol–water partition coefficient (Wildman–Crippen LogP) is 3.67. The van der Waals surface area contributed by atoms with Gasteiger partial charge in [0.2, 0.25) is 5.13 Å². The lowest BCUT2D eigenvalue weighted by atomic mass is 10.3. The van der Waals surface area contributed by atoms with Crippen LogP contribution in [0.25, 0.3) is 10.2 Å². The van der Waals surface area contributed by atoms with Crippen LogP contribution in [0.5, 0.6) is 0 Å². The first-order chi connectivity index (χ1) is 9.72. The van der Waals surface area contributed by atoms with E-state index in [2.05, 4.69) is 20.5 Å². The quantitative estimate of drug-likeness (QED) is 0.590. The Morgan fingerprint density at radius 3 is 3.00 bits per heavy atom. The topological polar surface area (TPSA) is 50.2 Å². The second kappa shape index (κ2) is 5.34. The number of benzene rings is 1. The molecule has 20 heavy (non-hydrogen) atoms. The van der Waals surface area contributed by atoms with E-state index >= 15 is 0 Å². The van der Waals surface area contributed by atoms with Gasteiger partial charge in [-0.1, -0.05) is 17.4 Å². The van der Waals surface area contributed by atoms with Gasteiger partial charge in [-0.15, -0.1) is 0 Å². The van der Waals surface area contributed by atoms with E-state index < -0.39 is 0 Å². The van der Waals surface area contributed by atoms with E-state index in [0.717, 1.165) is 21.6 Å². The standard InChI is InChI=1S/C14H11FN4S/c1-9(11-4-2-3-7-16-11)18-19-14-17-12-6-5-10(15)8-13(12)20-14/h2-8H,1H3,(H,17,19)/b18-9+. The molecule has 0 unspecified atom stereocenters. The number of hydrogen-bond acceptors (Lipinski definition) is 5. The number of thiazole rings is 1. The number of pyridine rings is 1. The Balaban J connectivity index is 1.83. The third kappa shape index (κ3) is 2.65. The van der Waals surface area contributed by atoms with Crippen molar-refractivity contribution in [3.63, 3.8) is 0 Å². The number of fused-ring (bicyclic) bond motifs is 1. The highest BCUT2D eigenvalue weighted by atomic mass is 32.1. The third-order valence-corrected chi connectivity index (χ3v) is 3.63. The average molecular weight is 286 g/mol. The number of hydrazone groups is 1. The molecule has 0 bridgehead atoms. The molecule has 3 rings (SSSR count). The molecule has 3 aromatic rings. The van der Waals surface area contributed by atoms with Crippen LogP contribution in [-0.4, -0.2) is 15.7 Å². The highest BCUT2D eigenvalue weighted by Gasteiger charge is 2.04. The second-order valence-corrected chi connectivity index (χ2v) is 5.19. The molecule has 0 aliphatic rings. The minimum Gasteiger partial charge on any atom is -0.255 e. The molecule has 6 heteroatoms. The third-order valence-electron chi connectivity index (χ3n) is 2.71. The van der Waals surface area contributed by atoms with Crippen molar-refractivity contribution < 1.29 is 4.39 Å². The zero-order valence-electron chi connectivity index (χ0n) is 10.7. The van der Waals surface area contributed by atoms with Crippen molar-refractivity contribution >= 4 is 32.4 Å². The van der Waals surface area contributed by atoms with E-state index in [1.54, 1.807) is 12.3 Å². The van der Waals surface area contributed by atoms with E-state index in [9.17, 15) is 4.39 Å². The summed E-state index contributed by atoms with van der Waals surface area (Å²) in [6, 6.07) is 10.2. The summed E-state index contributed by atoms with van der Waals surface area (Å²) >= 11 is 1.36. The Morgan fingerprint density at radius 2 is 2.20 bits per heavy atom. The summed E-state index contributed by atoms with van der Waals surface area (Å²) < 4.78 is 13.9. The van der Waals surface area contributed by atoms with Crippen LogP contribution in [-0.2, 0) is 0 Å². The van der Waals surface area contributed by atoms with Gasteiger partial charge in [-0.2, -0.15) is 5.10 Å². The summed E-state index contributed by atoms with van der Waals surface area (Å²) in [5.41, 5.74) is 5.20. The summed E-state index contributed by atoms with van der Waals surface area (Å²) in [6.45, 7) is 1.86. The van der Waals surface area contributed by atoms with E-state index in [4.69, 9.17) is 0 Å². The first-order valence-corrected chi connectivity index (χ1v) is 6.82. The van der Waals surface area contributed by atoms with Crippen molar-refractivity contribution in [1.82, 2.24) is 9.97 Å². The molecule has 4 nitrogen and oxygen atoms in total. The Kier molecular flexibility index (Phi) is 3.39. The van der Waals surface area contributed by atoms with Crippen molar-refractivity contribution in [1.29, 1.82) is 0 Å². The molecule has 0 saturated carbocycles. The fourth-order valence-corrected chi connectivity index (χ4v) is 2.55. The molecule has 0 aliphatic carbocycles. The van der Waals surface area contributed by atoms with Crippen LogP contribution in [0.2, 0.25) is 0 Å². The molecule has 2 heterocycles. The van der Waals surface area contributed by atoms with Gasteiger partial charge in [-0.3, -0.25) is 10.4 Å². The number of nitrogens with one attached hydrogen (secondary N) is 1. The summed E-state index contributed by atoms with van der Waals surface area (Å²) in [6.07, 6.45) is 1.72. The summed E-state index contributed by atoms with van der Waals surface area (Å²) in [5.74, 6) is -0.263. The molecule has 1 N–H and O–H groups in total. The molecule has 0 amide bonds. The van der Waals surface area contributed by atoms with Gasteiger partial charge in [-0.25, -0.2) is 9.37 Å². The lowest BCUT2D eigenvalue weighted by molar-refractivity contribution is 0.630. The van der Waals surface area contributed by atoms with Crippen LogP contribution in [0, 0.1) is 5.82 Å². The summed E-state index contributed by atoms with van der Waals surface area (Å²) in [5, 5.41) is 4.87. The maximum Gasteiger partial charge on any atom is 0.204 e. The van der Waals surface area contributed by atoms with Crippen molar-refractivity contribution in [2.75, 3.05) is 5.43 Å². The smallest absolute Gasteiger partial charge is 0.204 e. The first-order valence-electron chi connectivity index (χ1n) is 6.00. The Bertz CT molecular complexity index is 767. The number of anilines is 1. The van der Waals surface area contributed by atoms with E-state index in [-0.39, 0.29) is 5.82 Å². The minimum absolute atomic E-state index is 0.263. The number of nitrogens with zero attached hydrogens (tertiary/aromatic N) is 3. The van der Waals surface area contributed by atoms with Gasteiger partial charge in [0.05, 0.1) is 21.6 Å². The molecule has 100 valence electrons. The molecular weight excluding hydrogens is 275 g/mol. The van der Waals surface area contributed by atoms with Gasteiger partial charge < -0.3 is 0 Å². The number of hydrogen-bond donors (Lipinski definition) is 1. The monoisotopic (exact) mass is 286 g/mol. The highest BCUT2D eigenvalue weighted by Crippen LogP contribution is 2.26. The number of rotatable bonds is 3. The van der Waals surface area contributed by atoms with Crippen molar-refractivity contribution in [2.24, 2.45) is 5.10 Å². The van der Waals surface area contributed by atoms with Gasteiger partial charge in [-0.05, 0) is 37.3 Å². The van der Waals surface area contributed by atoms with Gasteiger partial charge in [0.1, 0.15) is 5.82 Å². The van der Waals surface area contributed by atoms with E-state index in [0.29, 0.717) is 5.13 Å². The van der Waals surface area contributed by atoms with Crippen LogP contribution in [0.1, 0.15) is 12.6 Å². The van der Waals surface area contributed by atoms with Crippen LogP contribution < -0.4 is 5.43 Å².